The van der Waals surface area contributed by atoms with Gasteiger partial charge in [0.2, 0.25) is 0 Å². The zero-order valence-corrected chi connectivity index (χ0v) is 8.33. The zero-order valence-electron chi connectivity index (χ0n) is 7.44. The van der Waals surface area contributed by atoms with Gasteiger partial charge >= 0.3 is 0 Å². The molecule has 64 valence electrons. The van der Waals surface area contributed by atoms with E-state index in [0.717, 1.165) is 5.31 Å². The average molecular weight is 176 g/mol. The Morgan fingerprint density at radius 2 is 2.00 bits per heavy atom. The second-order valence-electron chi connectivity index (χ2n) is 3.62. The first kappa shape index (κ1) is 8.99. The van der Waals surface area contributed by atoms with Crippen molar-refractivity contribution in [2.45, 2.75) is 27.7 Å². The van der Waals surface area contributed by atoms with E-state index in [0.29, 0.717) is 12.1 Å². The quantitative estimate of drug-likeness (QED) is 0.584. The standard InChI is InChI=1S/C8H14FOP/c1-5-10-7-6(11(7)9)8(2,3)4/h5H2,1-4H3. The van der Waals surface area contributed by atoms with Crippen LogP contribution in [-0.2, 0) is 4.74 Å². The largest absolute Gasteiger partial charge is 0.490 e. The highest BCUT2D eigenvalue weighted by atomic mass is 31.2. The van der Waals surface area contributed by atoms with Gasteiger partial charge in [-0.3, -0.25) is 0 Å². The first-order valence-electron chi connectivity index (χ1n) is 3.82. The first-order valence-corrected chi connectivity index (χ1v) is 5.05. The van der Waals surface area contributed by atoms with Gasteiger partial charge in [0.15, 0.2) is 13.7 Å². The Bertz CT molecular complexity index is 193. The predicted molar refractivity (Wildman–Crippen MR) is 46.1 cm³/mol. The van der Waals surface area contributed by atoms with Crippen molar-refractivity contribution in [1.29, 1.82) is 0 Å². The lowest BCUT2D eigenvalue weighted by Crippen LogP contribution is -2.00. The molecule has 11 heavy (non-hydrogen) atoms. The zero-order chi connectivity index (χ0) is 8.65. The van der Waals surface area contributed by atoms with Crippen LogP contribution >= 0.6 is 8.23 Å². The Labute approximate surface area is 68.5 Å². The van der Waals surface area contributed by atoms with E-state index >= 15 is 0 Å². The molecule has 1 rings (SSSR count). The van der Waals surface area contributed by atoms with E-state index in [1.165, 1.54) is 0 Å². The molecule has 1 atom stereocenters. The average Bonchev–Trinajstić information content (AvgIpc) is 2.41. The molecule has 0 aromatic heterocycles. The minimum absolute atomic E-state index is 0.0367. The van der Waals surface area contributed by atoms with E-state index in [1.54, 1.807) is 0 Å². The lowest BCUT2D eigenvalue weighted by Gasteiger charge is -2.11. The fourth-order valence-corrected chi connectivity index (χ4v) is 2.61. The van der Waals surface area contributed by atoms with Crippen molar-refractivity contribution in [2.24, 2.45) is 5.41 Å². The number of ether oxygens (including phenoxy) is 1. The van der Waals surface area contributed by atoms with Crippen LogP contribution in [0.2, 0.25) is 0 Å². The maximum atomic E-state index is 13.0. The maximum Gasteiger partial charge on any atom is 0.181 e. The van der Waals surface area contributed by atoms with Crippen LogP contribution in [0.1, 0.15) is 27.7 Å². The van der Waals surface area contributed by atoms with Gasteiger partial charge in [0.1, 0.15) is 0 Å². The van der Waals surface area contributed by atoms with Gasteiger partial charge in [0.05, 0.1) is 6.61 Å². The lowest BCUT2D eigenvalue weighted by molar-refractivity contribution is 0.257. The van der Waals surface area contributed by atoms with Crippen LogP contribution in [-0.4, -0.2) is 6.61 Å². The third-order valence-electron chi connectivity index (χ3n) is 1.52. The van der Waals surface area contributed by atoms with Gasteiger partial charge in [-0.05, 0) is 12.3 Å². The van der Waals surface area contributed by atoms with E-state index in [1.807, 2.05) is 27.7 Å². The molecule has 0 bridgehead atoms. The molecular weight excluding hydrogens is 162 g/mol. The molecule has 0 aromatic rings. The molecule has 0 spiro atoms. The van der Waals surface area contributed by atoms with Crippen LogP contribution in [0, 0.1) is 5.41 Å². The van der Waals surface area contributed by atoms with Crippen molar-refractivity contribution in [1.82, 2.24) is 0 Å². The molecule has 1 aliphatic heterocycles. The lowest BCUT2D eigenvalue weighted by atomic mass is 9.97. The van der Waals surface area contributed by atoms with Gasteiger partial charge in [-0.25, -0.2) is 4.20 Å². The van der Waals surface area contributed by atoms with E-state index in [2.05, 4.69) is 0 Å². The summed E-state index contributed by atoms with van der Waals surface area (Å²) in [7, 11) is -1.48. The Hall–Kier alpha value is -0.100. The minimum atomic E-state index is -1.48. The molecule has 3 heteroatoms. The number of hydrogen-bond donors (Lipinski definition) is 0. The summed E-state index contributed by atoms with van der Waals surface area (Å²) in [5.41, 5.74) is 0.598. The van der Waals surface area contributed by atoms with Gasteiger partial charge in [0.25, 0.3) is 0 Å². The number of allylic oxidation sites excluding steroid dienone is 1. The Kier molecular flexibility index (Phi) is 2.24. The molecule has 0 aliphatic carbocycles. The molecule has 0 saturated carbocycles. The summed E-state index contributed by atoms with van der Waals surface area (Å²) in [4.78, 5) is 0. The van der Waals surface area contributed by atoms with Crippen LogP contribution in [0.5, 0.6) is 0 Å². The minimum Gasteiger partial charge on any atom is -0.490 e. The van der Waals surface area contributed by atoms with Crippen molar-refractivity contribution < 1.29 is 8.93 Å². The van der Waals surface area contributed by atoms with E-state index < -0.39 is 8.23 Å². The summed E-state index contributed by atoms with van der Waals surface area (Å²) >= 11 is 0. The Morgan fingerprint density at radius 1 is 1.45 bits per heavy atom. The summed E-state index contributed by atoms with van der Waals surface area (Å²) in [5.74, 6) is 0. The smallest absolute Gasteiger partial charge is 0.181 e. The highest BCUT2D eigenvalue weighted by molar-refractivity contribution is 7.68. The maximum absolute atomic E-state index is 13.0. The molecule has 0 amide bonds. The van der Waals surface area contributed by atoms with Crippen LogP contribution in [0.4, 0.5) is 4.20 Å². The second kappa shape index (κ2) is 2.75. The summed E-state index contributed by atoms with van der Waals surface area (Å²) in [6.45, 7) is 8.52. The Balaban J connectivity index is 2.61. The molecule has 0 aromatic carbocycles. The summed E-state index contributed by atoms with van der Waals surface area (Å²) < 4.78 is 18.1. The SMILES string of the molecule is CCOC1=C(C(C)(C)C)P1F. The van der Waals surface area contributed by atoms with E-state index in [-0.39, 0.29) is 5.41 Å². The number of rotatable bonds is 2. The summed E-state index contributed by atoms with van der Waals surface area (Å²) in [6.07, 6.45) is 0. The number of hydrogen-bond acceptors (Lipinski definition) is 1. The molecule has 0 N–H and O–H groups in total. The second-order valence-corrected chi connectivity index (χ2v) is 5.03. The van der Waals surface area contributed by atoms with E-state index in [4.69, 9.17) is 4.74 Å². The van der Waals surface area contributed by atoms with Gasteiger partial charge in [-0.15, -0.1) is 0 Å². The summed E-state index contributed by atoms with van der Waals surface area (Å²) in [5, 5.41) is 0.898. The molecule has 1 nitrogen and oxygen atoms in total. The fourth-order valence-electron chi connectivity index (χ4n) is 1.01. The molecule has 1 heterocycles. The topological polar surface area (TPSA) is 9.23 Å². The Morgan fingerprint density at radius 3 is 2.27 bits per heavy atom. The van der Waals surface area contributed by atoms with E-state index in [9.17, 15) is 4.20 Å². The van der Waals surface area contributed by atoms with Crippen molar-refractivity contribution in [3.05, 3.63) is 10.8 Å². The third-order valence-corrected chi connectivity index (χ3v) is 3.27. The molecule has 1 unspecified atom stereocenters. The predicted octanol–water partition coefficient (Wildman–Crippen LogP) is 3.62. The van der Waals surface area contributed by atoms with Gasteiger partial charge in [-0.1, -0.05) is 20.8 Å². The van der Waals surface area contributed by atoms with Crippen LogP contribution < -0.4 is 0 Å². The first-order chi connectivity index (χ1) is 4.98. The highest BCUT2D eigenvalue weighted by Crippen LogP contribution is 2.76. The molecule has 0 fully saturated rings. The van der Waals surface area contributed by atoms with Gasteiger partial charge in [0, 0.05) is 5.31 Å². The van der Waals surface area contributed by atoms with Crippen LogP contribution in [0.3, 0.4) is 0 Å². The van der Waals surface area contributed by atoms with Crippen molar-refractivity contribution >= 4 is 8.23 Å². The van der Waals surface area contributed by atoms with Crippen LogP contribution in [0.25, 0.3) is 0 Å². The van der Waals surface area contributed by atoms with Crippen molar-refractivity contribution in [2.75, 3.05) is 6.61 Å². The van der Waals surface area contributed by atoms with Gasteiger partial charge in [-0.2, -0.15) is 0 Å². The molecular formula is C8H14FOP. The number of halogens is 1. The monoisotopic (exact) mass is 176 g/mol. The van der Waals surface area contributed by atoms with Crippen molar-refractivity contribution in [3.8, 4) is 0 Å². The molecule has 0 saturated heterocycles. The van der Waals surface area contributed by atoms with Gasteiger partial charge < -0.3 is 4.74 Å². The summed E-state index contributed by atoms with van der Waals surface area (Å²) in [6, 6.07) is 0. The molecule has 0 radical (unpaired) electrons. The van der Waals surface area contributed by atoms with Crippen molar-refractivity contribution in [3.63, 3.8) is 0 Å². The normalized spacial score (nSPS) is 23.9. The third kappa shape index (κ3) is 1.73. The van der Waals surface area contributed by atoms with Crippen LogP contribution in [0.15, 0.2) is 10.8 Å². The highest BCUT2D eigenvalue weighted by Gasteiger charge is 2.47. The fraction of sp³-hybridized carbons (Fsp3) is 0.750. The molecule has 1 aliphatic rings.